The van der Waals surface area contributed by atoms with Crippen molar-refractivity contribution < 1.29 is 14.3 Å². The Balaban J connectivity index is 2.03. The van der Waals surface area contributed by atoms with Crippen molar-refractivity contribution in [3.8, 4) is 5.75 Å². The van der Waals surface area contributed by atoms with E-state index in [1.807, 2.05) is 13.0 Å². The van der Waals surface area contributed by atoms with Gasteiger partial charge in [-0.2, -0.15) is 0 Å². The first-order valence-corrected chi connectivity index (χ1v) is 8.13. The van der Waals surface area contributed by atoms with E-state index in [0.29, 0.717) is 29.7 Å². The molecule has 0 unspecified atom stereocenters. The molecule has 134 valence electrons. The number of carbonyl (C=O) groups is 1. The Hall–Kier alpha value is -2.38. The largest absolute Gasteiger partial charge is 0.495 e. The van der Waals surface area contributed by atoms with Crippen LogP contribution in [0.5, 0.6) is 5.75 Å². The number of nitrogens with zero attached hydrogens (tertiary/aromatic N) is 2. The van der Waals surface area contributed by atoms with Gasteiger partial charge in [-0.25, -0.2) is 9.97 Å². The number of anilines is 2. The molecule has 1 heterocycles. The first-order valence-electron chi connectivity index (χ1n) is 7.75. The number of nitrogens with one attached hydrogen (secondary N) is 2. The van der Waals surface area contributed by atoms with Gasteiger partial charge in [0.25, 0.3) is 5.91 Å². The third kappa shape index (κ3) is 5.30. The molecule has 0 spiro atoms. The summed E-state index contributed by atoms with van der Waals surface area (Å²) in [6.07, 6.45) is 3.65. The number of hydrogen-bond donors (Lipinski definition) is 2. The van der Waals surface area contributed by atoms with Crippen LogP contribution in [-0.2, 0) is 4.74 Å². The Labute approximate surface area is 151 Å². The molecule has 7 nitrogen and oxygen atoms in total. The van der Waals surface area contributed by atoms with Crippen LogP contribution in [0.3, 0.4) is 0 Å². The second kappa shape index (κ2) is 9.19. The molecule has 1 amide bonds. The van der Waals surface area contributed by atoms with E-state index in [-0.39, 0.29) is 11.6 Å². The zero-order valence-electron chi connectivity index (χ0n) is 14.4. The third-order valence-corrected chi connectivity index (χ3v) is 3.85. The van der Waals surface area contributed by atoms with Gasteiger partial charge in [0.05, 0.1) is 25.2 Å². The number of rotatable bonds is 8. The lowest BCUT2D eigenvalue weighted by Gasteiger charge is -2.12. The third-order valence-electron chi connectivity index (χ3n) is 3.44. The van der Waals surface area contributed by atoms with Crippen LogP contribution < -0.4 is 15.4 Å². The van der Waals surface area contributed by atoms with Crippen LogP contribution in [0.2, 0.25) is 5.02 Å². The van der Waals surface area contributed by atoms with Crippen molar-refractivity contribution in [1.82, 2.24) is 15.3 Å². The quantitative estimate of drug-likeness (QED) is 0.700. The zero-order chi connectivity index (χ0) is 18.2. The van der Waals surface area contributed by atoms with Gasteiger partial charge in [-0.1, -0.05) is 11.6 Å². The number of benzene rings is 1. The van der Waals surface area contributed by atoms with Gasteiger partial charge in [-0.15, -0.1) is 0 Å². The number of aromatic nitrogens is 2. The van der Waals surface area contributed by atoms with E-state index in [2.05, 4.69) is 20.6 Å². The molecule has 2 rings (SSSR count). The van der Waals surface area contributed by atoms with E-state index < -0.39 is 0 Å². The Morgan fingerprint density at radius 1 is 1.24 bits per heavy atom. The van der Waals surface area contributed by atoms with Crippen molar-refractivity contribution in [2.24, 2.45) is 0 Å². The highest BCUT2D eigenvalue weighted by atomic mass is 35.5. The molecule has 0 atom stereocenters. The standard InChI is InChI=1S/C17H21ClN4O3/c1-11-7-13(15(25-3)8-12(11)18)22-16-10-20-14(9-21-16)17(23)19-5-4-6-24-2/h7-10H,4-6H2,1-3H3,(H,19,23)(H,21,22). The van der Waals surface area contributed by atoms with Gasteiger partial charge in [0.2, 0.25) is 0 Å². The summed E-state index contributed by atoms with van der Waals surface area (Å²) in [4.78, 5) is 20.3. The number of methoxy groups -OCH3 is 2. The molecule has 1 aromatic heterocycles. The van der Waals surface area contributed by atoms with Gasteiger partial charge in [0, 0.05) is 31.4 Å². The van der Waals surface area contributed by atoms with Crippen molar-refractivity contribution >= 4 is 29.0 Å². The SMILES string of the molecule is COCCCNC(=O)c1cnc(Nc2cc(C)c(Cl)cc2OC)cn1. The van der Waals surface area contributed by atoms with Crippen LogP contribution in [0.1, 0.15) is 22.5 Å². The molecule has 2 aromatic rings. The fourth-order valence-corrected chi connectivity index (χ4v) is 2.24. The maximum atomic E-state index is 12.0. The highest BCUT2D eigenvalue weighted by molar-refractivity contribution is 6.31. The van der Waals surface area contributed by atoms with Gasteiger partial charge in [-0.3, -0.25) is 4.79 Å². The smallest absolute Gasteiger partial charge is 0.271 e. The van der Waals surface area contributed by atoms with E-state index in [9.17, 15) is 4.79 Å². The van der Waals surface area contributed by atoms with Gasteiger partial charge in [0.15, 0.2) is 0 Å². The molecular weight excluding hydrogens is 344 g/mol. The van der Waals surface area contributed by atoms with Gasteiger partial charge in [0.1, 0.15) is 17.3 Å². The molecule has 0 bridgehead atoms. The van der Waals surface area contributed by atoms with Crippen molar-refractivity contribution in [3.05, 3.63) is 40.8 Å². The van der Waals surface area contributed by atoms with Crippen LogP contribution in [0.25, 0.3) is 0 Å². The molecule has 2 N–H and O–H groups in total. The normalized spacial score (nSPS) is 10.4. The molecule has 8 heteroatoms. The Morgan fingerprint density at radius 3 is 2.68 bits per heavy atom. The summed E-state index contributed by atoms with van der Waals surface area (Å²) >= 11 is 6.10. The molecule has 25 heavy (non-hydrogen) atoms. The summed E-state index contributed by atoms with van der Waals surface area (Å²) in [5.74, 6) is 0.823. The first-order chi connectivity index (χ1) is 12.0. The summed E-state index contributed by atoms with van der Waals surface area (Å²) in [5, 5.41) is 6.49. The minimum absolute atomic E-state index is 0.252. The van der Waals surface area contributed by atoms with E-state index >= 15 is 0 Å². The summed E-state index contributed by atoms with van der Waals surface area (Å²) < 4.78 is 10.2. The highest BCUT2D eigenvalue weighted by Gasteiger charge is 2.10. The number of amides is 1. The van der Waals surface area contributed by atoms with Gasteiger partial charge >= 0.3 is 0 Å². The Kier molecular flexibility index (Phi) is 6.97. The number of hydrogen-bond acceptors (Lipinski definition) is 6. The monoisotopic (exact) mass is 364 g/mol. The zero-order valence-corrected chi connectivity index (χ0v) is 15.2. The summed E-state index contributed by atoms with van der Waals surface area (Å²) in [5.41, 5.74) is 1.88. The Bertz CT molecular complexity index is 723. The number of aryl methyl sites for hydroxylation is 1. The summed E-state index contributed by atoms with van der Waals surface area (Å²) in [6, 6.07) is 3.59. The average Bonchev–Trinajstić information content (AvgIpc) is 2.62. The van der Waals surface area contributed by atoms with Gasteiger partial charge < -0.3 is 20.1 Å². The van der Waals surface area contributed by atoms with Crippen molar-refractivity contribution in [2.45, 2.75) is 13.3 Å². The second-order valence-corrected chi connectivity index (χ2v) is 5.72. The van der Waals surface area contributed by atoms with Crippen molar-refractivity contribution in [1.29, 1.82) is 0 Å². The molecule has 0 radical (unpaired) electrons. The first kappa shape index (κ1) is 19.0. The molecule has 0 aliphatic heterocycles. The topological polar surface area (TPSA) is 85.4 Å². The minimum atomic E-state index is -0.268. The van der Waals surface area contributed by atoms with Crippen LogP contribution >= 0.6 is 11.6 Å². The predicted octanol–water partition coefficient (Wildman–Crippen LogP) is 2.96. The number of halogens is 1. The lowest BCUT2D eigenvalue weighted by atomic mass is 10.2. The maximum Gasteiger partial charge on any atom is 0.271 e. The van der Waals surface area contributed by atoms with E-state index in [0.717, 1.165) is 17.7 Å². The van der Waals surface area contributed by atoms with Gasteiger partial charge in [-0.05, 0) is 25.0 Å². The lowest BCUT2D eigenvalue weighted by molar-refractivity contribution is 0.0943. The fourth-order valence-electron chi connectivity index (χ4n) is 2.09. The summed E-state index contributed by atoms with van der Waals surface area (Å²) in [6.45, 7) is 3.02. The second-order valence-electron chi connectivity index (χ2n) is 5.32. The molecule has 0 fully saturated rings. The number of carbonyl (C=O) groups excluding carboxylic acids is 1. The van der Waals surface area contributed by atoms with E-state index in [1.54, 1.807) is 20.3 Å². The van der Waals surface area contributed by atoms with Crippen molar-refractivity contribution in [3.63, 3.8) is 0 Å². The molecule has 0 saturated carbocycles. The van der Waals surface area contributed by atoms with Crippen LogP contribution in [0, 0.1) is 6.92 Å². The van der Waals surface area contributed by atoms with Crippen LogP contribution in [0.4, 0.5) is 11.5 Å². The lowest BCUT2D eigenvalue weighted by Crippen LogP contribution is -2.26. The minimum Gasteiger partial charge on any atom is -0.495 e. The van der Waals surface area contributed by atoms with Crippen LogP contribution in [0.15, 0.2) is 24.5 Å². The molecule has 0 aliphatic rings. The average molecular weight is 365 g/mol. The van der Waals surface area contributed by atoms with E-state index in [1.165, 1.54) is 12.4 Å². The van der Waals surface area contributed by atoms with Crippen LogP contribution in [-0.4, -0.2) is 43.2 Å². The molecule has 0 aliphatic carbocycles. The summed E-state index contributed by atoms with van der Waals surface area (Å²) in [7, 11) is 3.19. The highest BCUT2D eigenvalue weighted by Crippen LogP contribution is 2.32. The van der Waals surface area contributed by atoms with Crippen molar-refractivity contribution in [2.75, 3.05) is 32.7 Å². The number of ether oxygens (including phenoxy) is 2. The maximum absolute atomic E-state index is 12.0. The van der Waals surface area contributed by atoms with E-state index in [4.69, 9.17) is 21.1 Å². The molecular formula is C17H21ClN4O3. The molecule has 1 aromatic carbocycles. The fraction of sp³-hybridized carbons (Fsp3) is 0.353. The molecule has 0 saturated heterocycles. The Morgan fingerprint density at radius 2 is 2.04 bits per heavy atom. The predicted molar refractivity (Wildman–Crippen MR) is 96.9 cm³/mol.